The first-order valence-corrected chi connectivity index (χ1v) is 14.7. The van der Waals surface area contributed by atoms with Crippen LogP contribution in [0.1, 0.15) is 56.7 Å². The normalized spacial score (nSPS) is 17.1. The molecule has 0 aliphatic carbocycles. The molecule has 1 aromatic carbocycles. The third-order valence-corrected chi connectivity index (χ3v) is 9.13. The van der Waals surface area contributed by atoms with Crippen molar-refractivity contribution in [2.45, 2.75) is 36.5 Å². The molecular formula is C27H23F3N6O6S. The first-order chi connectivity index (χ1) is 20.3. The minimum absolute atomic E-state index is 0.0000794. The van der Waals surface area contributed by atoms with Crippen molar-refractivity contribution in [1.82, 2.24) is 24.3 Å². The highest BCUT2D eigenvalue weighted by Crippen LogP contribution is 2.36. The quantitative estimate of drug-likeness (QED) is 0.437. The van der Waals surface area contributed by atoms with Crippen LogP contribution < -0.4 is 5.56 Å². The second-order valence-corrected chi connectivity index (χ2v) is 12.1. The van der Waals surface area contributed by atoms with Crippen LogP contribution in [-0.4, -0.2) is 75.1 Å². The molecule has 0 radical (unpaired) electrons. The van der Waals surface area contributed by atoms with E-state index in [1.165, 1.54) is 45.0 Å². The molecule has 224 valence electrons. The molecule has 0 spiro atoms. The number of sulfone groups is 1. The van der Waals surface area contributed by atoms with Crippen molar-refractivity contribution in [2.75, 3.05) is 25.4 Å². The van der Waals surface area contributed by atoms with E-state index < -0.39 is 67.8 Å². The smallest absolute Gasteiger partial charge is 0.417 e. The third-order valence-electron chi connectivity index (χ3n) is 7.42. The van der Waals surface area contributed by atoms with Crippen molar-refractivity contribution in [1.29, 1.82) is 5.26 Å². The molecule has 1 N–H and O–H groups in total. The molecular weight excluding hydrogens is 593 g/mol. The fourth-order valence-electron chi connectivity index (χ4n) is 5.29. The maximum absolute atomic E-state index is 13.5. The summed E-state index contributed by atoms with van der Waals surface area (Å²) in [6.07, 6.45) is -1.55. The van der Waals surface area contributed by atoms with Gasteiger partial charge in [-0.05, 0) is 43.2 Å². The summed E-state index contributed by atoms with van der Waals surface area (Å²) >= 11 is 0. The lowest BCUT2D eigenvalue weighted by atomic mass is 10.0. The summed E-state index contributed by atoms with van der Waals surface area (Å²) in [4.78, 5) is 49.7. The zero-order valence-electron chi connectivity index (χ0n) is 22.3. The summed E-state index contributed by atoms with van der Waals surface area (Å²) in [6, 6.07) is 5.82. The number of carbonyl (C=O) groups excluding carboxylic acids is 2. The van der Waals surface area contributed by atoms with Gasteiger partial charge in [0.2, 0.25) is 5.75 Å². The van der Waals surface area contributed by atoms with Gasteiger partial charge in [0.1, 0.15) is 5.82 Å². The van der Waals surface area contributed by atoms with Gasteiger partial charge in [-0.2, -0.15) is 23.4 Å². The van der Waals surface area contributed by atoms with E-state index in [9.17, 15) is 41.1 Å². The number of hydrogen-bond acceptors (Lipinski definition) is 9. The zero-order chi connectivity index (χ0) is 31.1. The number of aromatic hydroxyl groups is 1. The summed E-state index contributed by atoms with van der Waals surface area (Å²) in [7, 11) is -3.77. The zero-order valence-corrected chi connectivity index (χ0v) is 23.1. The fraction of sp³-hybridized carbons (Fsp3) is 0.333. The Bertz CT molecular complexity index is 1820. The van der Waals surface area contributed by atoms with Crippen LogP contribution in [0.5, 0.6) is 5.75 Å². The monoisotopic (exact) mass is 616 g/mol. The van der Waals surface area contributed by atoms with Crippen molar-refractivity contribution in [2.24, 2.45) is 0 Å². The van der Waals surface area contributed by atoms with Crippen molar-refractivity contribution in [3.05, 3.63) is 81.3 Å². The van der Waals surface area contributed by atoms with Crippen molar-refractivity contribution < 1.29 is 36.3 Å². The molecule has 1 fully saturated rings. The van der Waals surface area contributed by atoms with Crippen LogP contribution in [0.15, 0.2) is 52.4 Å². The Kier molecular flexibility index (Phi) is 7.69. The van der Waals surface area contributed by atoms with E-state index in [1.54, 1.807) is 0 Å². The molecule has 0 saturated carbocycles. The van der Waals surface area contributed by atoms with Crippen LogP contribution in [-0.2, 0) is 22.6 Å². The summed E-state index contributed by atoms with van der Waals surface area (Å²) in [6.45, 7) is -0.118. The number of hydrogen-bond donors (Lipinski definition) is 1. The molecule has 2 aliphatic heterocycles. The Morgan fingerprint density at radius 1 is 1.12 bits per heavy atom. The van der Waals surface area contributed by atoms with Crippen molar-refractivity contribution in [3.8, 4) is 11.8 Å². The van der Waals surface area contributed by atoms with Gasteiger partial charge < -0.3 is 19.5 Å². The average Bonchev–Trinajstić information content (AvgIpc) is 3.47. The van der Waals surface area contributed by atoms with Gasteiger partial charge >= 0.3 is 11.7 Å². The van der Waals surface area contributed by atoms with Gasteiger partial charge in [-0.1, -0.05) is 0 Å². The Morgan fingerprint density at radius 3 is 2.51 bits per heavy atom. The molecule has 16 heteroatoms. The average molecular weight is 617 g/mol. The molecule has 2 amide bonds. The van der Waals surface area contributed by atoms with Crippen molar-refractivity contribution >= 4 is 21.7 Å². The van der Waals surface area contributed by atoms with Crippen LogP contribution in [0.25, 0.3) is 0 Å². The second kappa shape index (κ2) is 11.1. The molecule has 1 atom stereocenters. The van der Waals surface area contributed by atoms with E-state index in [4.69, 9.17) is 5.26 Å². The number of amides is 2. The molecule has 2 aliphatic rings. The first-order valence-electron chi connectivity index (χ1n) is 13.0. The highest BCUT2D eigenvalue weighted by atomic mass is 32.2. The van der Waals surface area contributed by atoms with Gasteiger partial charge in [0.15, 0.2) is 15.5 Å². The second-order valence-electron chi connectivity index (χ2n) is 9.94. The lowest BCUT2D eigenvalue weighted by Gasteiger charge is -2.33. The Hall–Kier alpha value is -4.78. The van der Waals surface area contributed by atoms with Gasteiger partial charge in [0.25, 0.3) is 11.8 Å². The van der Waals surface area contributed by atoms with Crippen LogP contribution in [0.4, 0.5) is 13.2 Å². The van der Waals surface area contributed by atoms with E-state index in [0.29, 0.717) is 12.5 Å². The Morgan fingerprint density at radius 2 is 1.84 bits per heavy atom. The van der Waals surface area contributed by atoms with Crippen molar-refractivity contribution in [3.63, 3.8) is 0 Å². The number of pyridine rings is 1. The molecule has 3 aromatic rings. The SMILES string of the molecule is N#Cc1ccc(C(=O)N2CCC[C@H]2c2nc(=O)c(O)c3n2CCN(CCS(=O)(=O)c2ccncc2)C3=O)cc1C(F)(F)F. The van der Waals surface area contributed by atoms with Gasteiger partial charge in [-0.25, -0.2) is 8.42 Å². The van der Waals surface area contributed by atoms with Crippen LogP contribution >= 0.6 is 0 Å². The summed E-state index contributed by atoms with van der Waals surface area (Å²) < 4.78 is 67.3. The van der Waals surface area contributed by atoms with Crippen LogP contribution in [0, 0.1) is 11.3 Å². The summed E-state index contributed by atoms with van der Waals surface area (Å²) in [5.74, 6) is -2.99. The maximum atomic E-state index is 13.5. The van der Waals surface area contributed by atoms with Gasteiger partial charge in [-0.3, -0.25) is 19.4 Å². The Balaban J connectivity index is 1.44. The number of halogens is 3. The molecule has 1 saturated heterocycles. The maximum Gasteiger partial charge on any atom is 0.417 e. The summed E-state index contributed by atoms with van der Waals surface area (Å²) in [5, 5.41) is 19.6. The number of fused-ring (bicyclic) bond motifs is 1. The topological polar surface area (TPSA) is 167 Å². The molecule has 2 aromatic heterocycles. The molecule has 0 bridgehead atoms. The molecule has 4 heterocycles. The van der Waals surface area contributed by atoms with E-state index in [-0.39, 0.29) is 48.9 Å². The molecule has 5 rings (SSSR count). The van der Waals surface area contributed by atoms with Gasteiger partial charge in [0, 0.05) is 44.1 Å². The number of nitrogens with zero attached hydrogens (tertiary/aromatic N) is 6. The van der Waals surface area contributed by atoms with E-state index in [0.717, 1.165) is 12.1 Å². The number of benzene rings is 1. The minimum atomic E-state index is -4.87. The number of alkyl halides is 3. The number of nitriles is 1. The molecule has 12 nitrogen and oxygen atoms in total. The number of rotatable bonds is 6. The summed E-state index contributed by atoms with van der Waals surface area (Å²) in [5.41, 5.74) is -3.78. The van der Waals surface area contributed by atoms with E-state index in [2.05, 4.69) is 9.97 Å². The molecule has 0 unspecified atom stereocenters. The van der Waals surface area contributed by atoms with E-state index >= 15 is 0 Å². The standard InChI is InChI=1S/C27H23F3N6O6S/c28-27(29,30)19-14-16(3-4-17(19)15-31)25(39)35-9-1-2-20(35)23-33-24(38)22(37)21-26(40)34(10-11-36(21)23)12-13-43(41,42)18-5-7-32-8-6-18/h3-8,14,20,37H,1-2,9-13H2/t20-/m0/s1. The number of likely N-dealkylation sites (tertiary alicyclic amines) is 1. The molecule has 43 heavy (non-hydrogen) atoms. The van der Waals surface area contributed by atoms with Gasteiger partial charge in [-0.15, -0.1) is 0 Å². The van der Waals surface area contributed by atoms with Gasteiger partial charge in [0.05, 0.1) is 33.9 Å². The predicted octanol–water partition coefficient (Wildman–Crippen LogP) is 2.14. The highest BCUT2D eigenvalue weighted by molar-refractivity contribution is 7.91. The number of aromatic nitrogens is 3. The largest absolute Gasteiger partial charge is 0.501 e. The lowest BCUT2D eigenvalue weighted by molar-refractivity contribution is -0.137. The third kappa shape index (κ3) is 5.55. The first kappa shape index (κ1) is 29.7. The fourth-order valence-corrected chi connectivity index (χ4v) is 6.52. The predicted molar refractivity (Wildman–Crippen MR) is 142 cm³/mol. The lowest BCUT2D eigenvalue weighted by Crippen LogP contribution is -2.46. The Labute approximate surface area is 242 Å². The highest BCUT2D eigenvalue weighted by Gasteiger charge is 2.40. The number of carbonyl (C=O) groups is 2. The minimum Gasteiger partial charge on any atom is -0.501 e. The van der Waals surface area contributed by atoms with Crippen LogP contribution in [0.2, 0.25) is 0 Å². The van der Waals surface area contributed by atoms with E-state index in [1.807, 2.05) is 0 Å². The van der Waals surface area contributed by atoms with Crippen LogP contribution in [0.3, 0.4) is 0 Å².